The molecule has 0 fully saturated rings. The predicted molar refractivity (Wildman–Crippen MR) is 88.6 cm³/mol. The Morgan fingerprint density at radius 1 is 1.17 bits per heavy atom. The van der Waals surface area contributed by atoms with Gasteiger partial charge in [-0.05, 0) is 44.2 Å². The molecule has 0 saturated heterocycles. The van der Waals surface area contributed by atoms with E-state index in [9.17, 15) is 9.59 Å². The van der Waals surface area contributed by atoms with Crippen LogP contribution in [0.4, 0.5) is 5.69 Å². The van der Waals surface area contributed by atoms with Gasteiger partial charge in [0.2, 0.25) is 11.8 Å². The van der Waals surface area contributed by atoms with Crippen molar-refractivity contribution in [3.8, 4) is 6.07 Å². The summed E-state index contributed by atoms with van der Waals surface area (Å²) in [7, 11) is 0. The van der Waals surface area contributed by atoms with Crippen LogP contribution < -0.4 is 10.6 Å². The first-order valence-electron chi connectivity index (χ1n) is 7.92. The molecule has 0 spiro atoms. The number of nitrogens with one attached hydrogen (secondary N) is 2. The average molecular weight is 311 g/mol. The summed E-state index contributed by atoms with van der Waals surface area (Å²) in [6.45, 7) is 0.562. The number of carbonyl (C=O) groups is 2. The van der Waals surface area contributed by atoms with Crippen LogP contribution in [0.1, 0.15) is 44.1 Å². The minimum atomic E-state index is -0.415. The Morgan fingerprint density at radius 3 is 2.74 bits per heavy atom. The van der Waals surface area contributed by atoms with Crippen molar-refractivity contribution in [3.05, 3.63) is 41.5 Å². The highest BCUT2D eigenvalue weighted by Gasteiger charge is 2.11. The van der Waals surface area contributed by atoms with E-state index in [-0.39, 0.29) is 12.3 Å². The smallest absolute Gasteiger partial charge is 0.233 e. The molecule has 5 nitrogen and oxygen atoms in total. The number of amides is 2. The second kappa shape index (κ2) is 8.74. The largest absolute Gasteiger partial charge is 0.355 e. The lowest BCUT2D eigenvalue weighted by Gasteiger charge is -2.13. The first-order chi connectivity index (χ1) is 11.2. The molecule has 0 aromatic heterocycles. The van der Waals surface area contributed by atoms with Gasteiger partial charge in [0.1, 0.15) is 12.5 Å². The minimum absolute atomic E-state index is 0.237. The van der Waals surface area contributed by atoms with Crippen molar-refractivity contribution in [1.82, 2.24) is 5.32 Å². The first kappa shape index (κ1) is 16.8. The zero-order chi connectivity index (χ0) is 16.5. The number of allylic oxidation sites excluding steroid dienone is 1. The fourth-order valence-corrected chi connectivity index (χ4v) is 2.59. The number of carbonyl (C=O) groups excluding carboxylic acids is 2. The molecule has 1 aromatic rings. The normalized spacial score (nSPS) is 13.6. The van der Waals surface area contributed by atoms with Crippen molar-refractivity contribution in [1.29, 1.82) is 5.26 Å². The van der Waals surface area contributed by atoms with E-state index < -0.39 is 5.91 Å². The number of para-hydroxylation sites is 1. The van der Waals surface area contributed by atoms with Gasteiger partial charge in [-0.25, -0.2) is 0 Å². The van der Waals surface area contributed by atoms with Crippen LogP contribution in [-0.4, -0.2) is 18.4 Å². The van der Waals surface area contributed by atoms with Crippen molar-refractivity contribution in [2.75, 3.05) is 11.9 Å². The maximum Gasteiger partial charge on any atom is 0.233 e. The van der Waals surface area contributed by atoms with Gasteiger partial charge in [-0.1, -0.05) is 23.8 Å². The number of benzene rings is 1. The average Bonchev–Trinajstić information content (AvgIpc) is 2.56. The van der Waals surface area contributed by atoms with Crippen molar-refractivity contribution >= 4 is 17.5 Å². The Labute approximate surface area is 136 Å². The number of nitriles is 1. The van der Waals surface area contributed by atoms with Gasteiger partial charge >= 0.3 is 0 Å². The molecular formula is C18H21N3O2. The summed E-state index contributed by atoms with van der Waals surface area (Å²) in [5.41, 5.74) is 2.20. The molecule has 2 N–H and O–H groups in total. The van der Waals surface area contributed by atoms with E-state index in [2.05, 4.69) is 16.7 Å². The highest BCUT2D eigenvalue weighted by Crippen LogP contribution is 2.19. The highest BCUT2D eigenvalue weighted by atomic mass is 16.2. The molecule has 2 amide bonds. The van der Waals surface area contributed by atoms with Gasteiger partial charge in [0.05, 0.1) is 11.3 Å². The zero-order valence-corrected chi connectivity index (χ0v) is 13.1. The van der Waals surface area contributed by atoms with Gasteiger partial charge in [0.25, 0.3) is 0 Å². The molecule has 1 aromatic carbocycles. The number of rotatable bonds is 6. The van der Waals surface area contributed by atoms with Gasteiger partial charge in [0, 0.05) is 6.54 Å². The second-order valence-corrected chi connectivity index (χ2v) is 5.59. The lowest BCUT2D eigenvalue weighted by atomic mass is 9.97. The molecule has 0 unspecified atom stereocenters. The summed E-state index contributed by atoms with van der Waals surface area (Å²) < 4.78 is 0. The van der Waals surface area contributed by atoms with Crippen molar-refractivity contribution < 1.29 is 9.59 Å². The van der Waals surface area contributed by atoms with E-state index in [0.29, 0.717) is 17.8 Å². The lowest BCUT2D eigenvalue weighted by Crippen LogP contribution is -2.29. The van der Waals surface area contributed by atoms with Crippen LogP contribution in [0.5, 0.6) is 0 Å². The molecule has 0 radical (unpaired) electrons. The number of hydrogen-bond donors (Lipinski definition) is 2. The molecule has 0 saturated carbocycles. The predicted octanol–water partition coefficient (Wildman–Crippen LogP) is 2.89. The minimum Gasteiger partial charge on any atom is -0.355 e. The summed E-state index contributed by atoms with van der Waals surface area (Å²) in [4.78, 5) is 23.6. The van der Waals surface area contributed by atoms with Crippen LogP contribution in [0.3, 0.4) is 0 Å². The molecule has 1 aliphatic carbocycles. The molecule has 2 rings (SSSR count). The Balaban J connectivity index is 1.73. The monoisotopic (exact) mass is 311 g/mol. The quantitative estimate of drug-likeness (QED) is 0.626. The summed E-state index contributed by atoms with van der Waals surface area (Å²) in [5, 5.41) is 14.3. The first-order valence-corrected chi connectivity index (χ1v) is 7.92. The maximum absolute atomic E-state index is 11.9. The molecule has 23 heavy (non-hydrogen) atoms. The number of hydrogen-bond acceptors (Lipinski definition) is 3. The van der Waals surface area contributed by atoms with E-state index in [4.69, 9.17) is 5.26 Å². The molecular weight excluding hydrogens is 290 g/mol. The van der Waals surface area contributed by atoms with Crippen LogP contribution in [-0.2, 0) is 9.59 Å². The van der Waals surface area contributed by atoms with E-state index in [1.165, 1.54) is 18.4 Å². The molecule has 120 valence electrons. The topological polar surface area (TPSA) is 82.0 Å². The van der Waals surface area contributed by atoms with Crippen molar-refractivity contribution in [3.63, 3.8) is 0 Å². The van der Waals surface area contributed by atoms with Gasteiger partial charge in [-0.3, -0.25) is 9.59 Å². The Kier molecular flexibility index (Phi) is 6.37. The summed E-state index contributed by atoms with van der Waals surface area (Å²) in [6.07, 6.45) is 7.58. The zero-order valence-electron chi connectivity index (χ0n) is 13.1. The Hall–Kier alpha value is -2.61. The third kappa shape index (κ3) is 5.59. The van der Waals surface area contributed by atoms with Gasteiger partial charge < -0.3 is 10.6 Å². The summed E-state index contributed by atoms with van der Waals surface area (Å²) >= 11 is 0. The molecule has 0 heterocycles. The fourth-order valence-electron chi connectivity index (χ4n) is 2.59. The third-order valence-electron chi connectivity index (χ3n) is 3.80. The third-order valence-corrected chi connectivity index (χ3v) is 3.80. The second-order valence-electron chi connectivity index (χ2n) is 5.59. The molecule has 5 heteroatoms. The highest BCUT2D eigenvalue weighted by molar-refractivity contribution is 6.04. The van der Waals surface area contributed by atoms with Crippen LogP contribution in [0.2, 0.25) is 0 Å². The van der Waals surface area contributed by atoms with E-state index >= 15 is 0 Å². The molecule has 0 aliphatic heterocycles. The van der Waals surface area contributed by atoms with Crippen LogP contribution >= 0.6 is 0 Å². The van der Waals surface area contributed by atoms with E-state index in [1.54, 1.807) is 24.3 Å². The number of nitrogens with zero attached hydrogens (tertiary/aromatic N) is 1. The van der Waals surface area contributed by atoms with Gasteiger partial charge in [0.15, 0.2) is 0 Å². The fraction of sp³-hybridized carbons (Fsp3) is 0.389. The maximum atomic E-state index is 11.9. The van der Waals surface area contributed by atoms with Gasteiger partial charge in [-0.15, -0.1) is 0 Å². The van der Waals surface area contributed by atoms with Crippen LogP contribution in [0.15, 0.2) is 35.9 Å². The van der Waals surface area contributed by atoms with Crippen LogP contribution in [0, 0.1) is 11.3 Å². The summed E-state index contributed by atoms with van der Waals surface area (Å²) in [5.74, 6) is -0.713. The molecule has 0 bridgehead atoms. The van der Waals surface area contributed by atoms with E-state index in [1.807, 2.05) is 6.07 Å². The Bertz CT molecular complexity index is 644. The van der Waals surface area contributed by atoms with E-state index in [0.717, 1.165) is 19.3 Å². The number of anilines is 1. The van der Waals surface area contributed by atoms with Crippen LogP contribution in [0.25, 0.3) is 0 Å². The van der Waals surface area contributed by atoms with Crippen molar-refractivity contribution in [2.45, 2.75) is 38.5 Å². The standard InChI is InChI=1S/C18H21N3O2/c19-13-15-8-4-5-9-16(15)21-18(23)12-17(22)20-11-10-14-6-2-1-3-7-14/h4-6,8-9H,1-3,7,10-12H2,(H,20,22)(H,21,23). The Morgan fingerprint density at radius 2 is 2.00 bits per heavy atom. The molecule has 1 aliphatic rings. The SMILES string of the molecule is N#Cc1ccccc1NC(=O)CC(=O)NCCC1=CCCCC1. The lowest BCUT2D eigenvalue weighted by molar-refractivity contribution is -0.126. The summed E-state index contributed by atoms with van der Waals surface area (Å²) in [6, 6.07) is 8.72. The molecule has 0 atom stereocenters. The van der Waals surface area contributed by atoms with Gasteiger partial charge in [-0.2, -0.15) is 5.26 Å². The van der Waals surface area contributed by atoms with Crippen molar-refractivity contribution in [2.24, 2.45) is 0 Å².